The van der Waals surface area contributed by atoms with Crippen LogP contribution in [0.4, 0.5) is 11.4 Å². The molecule has 0 aromatic heterocycles. The minimum atomic E-state index is -4.07. The number of benzene rings is 2. The molecule has 2 rings (SSSR count). The van der Waals surface area contributed by atoms with Gasteiger partial charge in [-0.2, -0.15) is 0 Å². The van der Waals surface area contributed by atoms with Crippen LogP contribution in [-0.2, 0) is 21.4 Å². The maximum atomic E-state index is 13.0. The zero-order valence-corrected chi connectivity index (χ0v) is 14.1. The Labute approximate surface area is 144 Å². The molecule has 2 aromatic rings. The van der Waals surface area contributed by atoms with Crippen LogP contribution in [0.5, 0.6) is 0 Å². The first kappa shape index (κ1) is 18.4. The first-order valence-electron chi connectivity index (χ1n) is 7.09. The number of methoxy groups -OCH3 is 1. The lowest BCUT2D eigenvalue weighted by Crippen LogP contribution is -2.26. The van der Waals surface area contributed by atoms with Crippen LogP contribution in [0.25, 0.3) is 0 Å². The number of anilines is 1. The summed E-state index contributed by atoms with van der Waals surface area (Å²) >= 11 is 0. The summed E-state index contributed by atoms with van der Waals surface area (Å²) in [6, 6.07) is 11.0. The Bertz CT molecular complexity index is 878. The van der Waals surface area contributed by atoms with Gasteiger partial charge < -0.3 is 9.84 Å². The Kier molecular flexibility index (Phi) is 5.73. The van der Waals surface area contributed by atoms with Gasteiger partial charge in [0.05, 0.1) is 41.7 Å². The highest BCUT2D eigenvalue weighted by atomic mass is 32.2. The summed E-state index contributed by atoms with van der Waals surface area (Å²) in [5, 5.41) is 20.2. The Morgan fingerprint density at radius 2 is 1.84 bits per heavy atom. The number of para-hydroxylation sites is 1. The monoisotopic (exact) mass is 364 g/mol. The van der Waals surface area contributed by atoms with Crippen LogP contribution in [-0.4, -0.2) is 25.6 Å². The highest BCUT2D eigenvalue weighted by molar-refractivity contribution is 7.93. The lowest BCUT2D eigenvalue weighted by atomic mass is 10.2. The van der Waals surface area contributed by atoms with Crippen LogP contribution in [0.3, 0.4) is 0 Å². The van der Waals surface area contributed by atoms with E-state index in [2.05, 4.69) is 0 Å². The van der Waals surface area contributed by atoms with Crippen molar-refractivity contribution in [3.8, 4) is 0 Å². The van der Waals surface area contributed by atoms with Gasteiger partial charge in [-0.3, -0.25) is 10.1 Å². The number of rotatable bonds is 7. The molecule has 0 bridgehead atoms. The van der Waals surface area contributed by atoms with E-state index in [4.69, 9.17) is 4.74 Å². The van der Waals surface area contributed by atoms with E-state index in [9.17, 15) is 23.6 Å². The van der Waals surface area contributed by atoms with Gasteiger partial charge in [0, 0.05) is 17.7 Å². The number of nitro benzene ring substituents is 1. The van der Waals surface area contributed by atoms with E-state index in [1.807, 2.05) is 0 Å². The summed E-state index contributed by atoms with van der Waals surface area (Å²) in [6.45, 7) is -0.358. The molecule has 0 heterocycles. The Morgan fingerprint density at radius 1 is 1.20 bits per heavy atom. The molecule has 2 aromatic carbocycles. The first-order chi connectivity index (χ1) is 11.9. The molecule has 0 fully saturated rings. The van der Waals surface area contributed by atoms with Crippen molar-refractivity contribution >= 4 is 21.4 Å². The second-order valence-corrected chi connectivity index (χ2v) is 6.67. The van der Waals surface area contributed by atoms with E-state index in [1.54, 1.807) is 18.2 Å². The van der Waals surface area contributed by atoms with Crippen LogP contribution >= 0.6 is 0 Å². The molecule has 0 atom stereocenters. The lowest BCUT2D eigenvalue weighted by molar-refractivity contribution is -0.384. The molecule has 0 saturated carbocycles. The molecular formula is C16H16N2O6S. The molecule has 9 heteroatoms. The standard InChI is InChI=1S/C16H16N2O6S/c1-24-11-10-17(16-5-3-2-4-13(16)12-19)25(22,23)15-8-6-14(7-9-15)18(20)21/h2-11,19H,12H2,1H3/b11-10+. The van der Waals surface area contributed by atoms with E-state index in [-0.39, 0.29) is 22.9 Å². The summed E-state index contributed by atoms with van der Waals surface area (Å²) in [5.41, 5.74) is 0.430. The third-order valence-electron chi connectivity index (χ3n) is 3.34. The molecular weight excluding hydrogens is 348 g/mol. The third kappa shape index (κ3) is 3.95. The van der Waals surface area contributed by atoms with Gasteiger partial charge in [0.25, 0.3) is 15.7 Å². The Balaban J connectivity index is 2.56. The number of non-ortho nitro benzene ring substituents is 1. The van der Waals surface area contributed by atoms with Gasteiger partial charge in [0.2, 0.25) is 0 Å². The molecule has 1 N–H and O–H groups in total. The van der Waals surface area contributed by atoms with E-state index in [0.717, 1.165) is 28.6 Å². The van der Waals surface area contributed by atoms with Gasteiger partial charge in [0.15, 0.2) is 0 Å². The highest BCUT2D eigenvalue weighted by Crippen LogP contribution is 2.28. The number of nitro groups is 1. The van der Waals surface area contributed by atoms with Crippen molar-refractivity contribution in [2.45, 2.75) is 11.5 Å². The quantitative estimate of drug-likeness (QED) is 0.459. The third-order valence-corrected chi connectivity index (χ3v) is 5.04. The van der Waals surface area contributed by atoms with Gasteiger partial charge in [-0.15, -0.1) is 0 Å². The maximum Gasteiger partial charge on any atom is 0.269 e. The molecule has 8 nitrogen and oxygen atoms in total. The topological polar surface area (TPSA) is 110 Å². The summed E-state index contributed by atoms with van der Waals surface area (Å²) in [4.78, 5) is 9.99. The van der Waals surface area contributed by atoms with Crippen molar-refractivity contribution in [2.75, 3.05) is 11.4 Å². The lowest BCUT2D eigenvalue weighted by Gasteiger charge is -2.22. The average Bonchev–Trinajstić information content (AvgIpc) is 2.62. The van der Waals surface area contributed by atoms with Gasteiger partial charge in [-0.1, -0.05) is 18.2 Å². The summed E-state index contributed by atoms with van der Waals surface area (Å²) in [5.74, 6) is 0. The Morgan fingerprint density at radius 3 is 2.40 bits per heavy atom. The molecule has 0 aliphatic rings. The minimum Gasteiger partial charge on any atom is -0.503 e. The molecule has 132 valence electrons. The summed E-state index contributed by atoms with van der Waals surface area (Å²) in [6.07, 6.45) is 2.38. The second kappa shape index (κ2) is 7.77. The zero-order chi connectivity index (χ0) is 18.4. The number of aliphatic hydroxyl groups excluding tert-OH is 1. The molecule has 25 heavy (non-hydrogen) atoms. The molecule has 0 unspecified atom stereocenters. The van der Waals surface area contributed by atoms with Gasteiger partial charge in [-0.25, -0.2) is 12.7 Å². The number of aliphatic hydroxyl groups is 1. The smallest absolute Gasteiger partial charge is 0.269 e. The normalized spacial score (nSPS) is 11.4. The fourth-order valence-electron chi connectivity index (χ4n) is 2.12. The van der Waals surface area contributed by atoms with Crippen molar-refractivity contribution in [2.24, 2.45) is 0 Å². The summed E-state index contributed by atoms with van der Waals surface area (Å²) < 4.78 is 31.7. The van der Waals surface area contributed by atoms with Crippen molar-refractivity contribution < 1.29 is 23.2 Å². The molecule has 0 spiro atoms. The first-order valence-corrected chi connectivity index (χ1v) is 8.53. The van der Waals surface area contributed by atoms with E-state index in [0.29, 0.717) is 5.56 Å². The maximum absolute atomic E-state index is 13.0. The van der Waals surface area contributed by atoms with E-state index < -0.39 is 14.9 Å². The van der Waals surface area contributed by atoms with Crippen LogP contribution in [0, 0.1) is 10.1 Å². The average molecular weight is 364 g/mol. The van der Waals surface area contributed by atoms with Crippen molar-refractivity contribution in [1.82, 2.24) is 0 Å². The van der Waals surface area contributed by atoms with Gasteiger partial charge in [0.1, 0.15) is 0 Å². The number of sulfonamides is 1. The van der Waals surface area contributed by atoms with Crippen molar-refractivity contribution in [3.63, 3.8) is 0 Å². The molecule has 0 radical (unpaired) electrons. The SMILES string of the molecule is CO/C=C/N(c1ccccc1CO)S(=O)(=O)c1ccc([N+](=O)[O-])cc1. The van der Waals surface area contributed by atoms with E-state index in [1.165, 1.54) is 25.6 Å². The minimum absolute atomic E-state index is 0.133. The molecule has 0 amide bonds. The zero-order valence-electron chi connectivity index (χ0n) is 13.3. The van der Waals surface area contributed by atoms with Crippen LogP contribution < -0.4 is 4.31 Å². The molecule has 0 aliphatic heterocycles. The van der Waals surface area contributed by atoms with Crippen molar-refractivity contribution in [3.05, 3.63) is 76.7 Å². The van der Waals surface area contributed by atoms with E-state index >= 15 is 0 Å². The number of hydrogen-bond donors (Lipinski definition) is 1. The fourth-order valence-corrected chi connectivity index (χ4v) is 3.47. The summed E-state index contributed by atoms with van der Waals surface area (Å²) in [7, 11) is -2.70. The van der Waals surface area contributed by atoms with Crippen LogP contribution in [0.2, 0.25) is 0 Å². The second-order valence-electron chi connectivity index (χ2n) is 4.86. The van der Waals surface area contributed by atoms with Crippen LogP contribution in [0.1, 0.15) is 5.56 Å². The van der Waals surface area contributed by atoms with Crippen LogP contribution in [0.15, 0.2) is 65.9 Å². The number of nitrogens with zero attached hydrogens (tertiary/aromatic N) is 2. The fraction of sp³-hybridized carbons (Fsp3) is 0.125. The number of hydrogen-bond acceptors (Lipinski definition) is 6. The largest absolute Gasteiger partial charge is 0.503 e. The number of ether oxygens (including phenoxy) is 1. The Hall–Kier alpha value is -2.91. The van der Waals surface area contributed by atoms with Gasteiger partial charge >= 0.3 is 0 Å². The molecule has 0 saturated heterocycles. The van der Waals surface area contributed by atoms with Crippen molar-refractivity contribution in [1.29, 1.82) is 0 Å². The van der Waals surface area contributed by atoms with Gasteiger partial charge in [-0.05, 0) is 18.2 Å². The highest BCUT2D eigenvalue weighted by Gasteiger charge is 2.25. The predicted octanol–water partition coefficient (Wildman–Crippen LogP) is 2.40. The molecule has 0 aliphatic carbocycles. The predicted molar refractivity (Wildman–Crippen MR) is 91.3 cm³/mol.